The molecule has 0 aliphatic carbocycles. The van der Waals surface area contributed by atoms with Crippen LogP contribution in [0.1, 0.15) is 131 Å². The third-order valence-corrected chi connectivity index (χ3v) is 17.2. The molecule has 0 saturated carbocycles. The second kappa shape index (κ2) is 45.3. The van der Waals surface area contributed by atoms with Crippen molar-refractivity contribution in [3.63, 3.8) is 0 Å². The van der Waals surface area contributed by atoms with E-state index in [2.05, 4.69) is 0 Å². The molecule has 6 aromatic carbocycles. The third-order valence-electron chi connectivity index (χ3n) is 16.1. The van der Waals surface area contributed by atoms with E-state index in [4.69, 9.17) is 92.4 Å². The van der Waals surface area contributed by atoms with E-state index in [9.17, 15) is 60.0 Å². The van der Waals surface area contributed by atoms with Gasteiger partial charge in [0, 0.05) is 42.8 Å². The number of benzene rings is 6. The zero-order chi connectivity index (χ0) is 74.2. The average molecular weight is 1630 g/mol. The SMILES string of the molecule is C.CCOc1ccc(Cc2cc([C@@H]3O[C@H](CO)[C@@H](O)[C@H](O)[C@H]3O)ccc2Cl)cc1.CCOc1ccc(Cc2cc([C@@H]3O[C@H](CO)[C@@H](O)[C@H](O)[C@H]3O)ccc2Cl)cc1.CCOc1ccc(Cc2cc([C@@H]3O[C@H](COC(C)=O)[C@@H](OC(C)=O)[C@H](OC(C)=O)[C@H]3OC(C)=O)ccc2Cl)cc1.C[C@H](O)CO.I.O. The van der Waals surface area contributed by atoms with Crippen LogP contribution in [0.15, 0.2) is 127 Å². The molecule has 16 atom stereocenters. The van der Waals surface area contributed by atoms with Crippen molar-refractivity contribution in [3.05, 3.63) is 193 Å². The van der Waals surface area contributed by atoms with Gasteiger partial charge >= 0.3 is 23.9 Å². The van der Waals surface area contributed by atoms with E-state index < -0.39 is 135 Å². The van der Waals surface area contributed by atoms with Gasteiger partial charge in [0.15, 0.2) is 18.3 Å². The Morgan fingerprint density at radius 3 is 1.02 bits per heavy atom. The summed E-state index contributed by atoms with van der Waals surface area (Å²) >= 11 is 19.2. The average Bonchev–Trinajstić information content (AvgIpc) is 0.777. The lowest BCUT2D eigenvalue weighted by atomic mass is 9.89. The first kappa shape index (κ1) is 91.8. The predicted octanol–water partition coefficient (Wildman–Crippen LogP) is 7.61. The van der Waals surface area contributed by atoms with Gasteiger partial charge in [-0.2, -0.15) is 0 Å². The molecular formula is C75H98Cl3IO25. The second-order valence-electron chi connectivity index (χ2n) is 24.0. The van der Waals surface area contributed by atoms with Crippen molar-refractivity contribution in [1.82, 2.24) is 0 Å². The van der Waals surface area contributed by atoms with Crippen molar-refractivity contribution < 1.29 is 123 Å². The van der Waals surface area contributed by atoms with Crippen LogP contribution < -0.4 is 14.2 Å². The minimum Gasteiger partial charge on any atom is -0.494 e. The zero-order valence-electron chi connectivity index (χ0n) is 58.2. The summed E-state index contributed by atoms with van der Waals surface area (Å²) in [6.45, 7) is 12.5. The Hall–Kier alpha value is -6.36. The van der Waals surface area contributed by atoms with E-state index in [1.165, 1.54) is 34.6 Å². The Morgan fingerprint density at radius 2 is 0.731 bits per heavy atom. The summed E-state index contributed by atoms with van der Waals surface area (Å²) in [7, 11) is 0. The Bertz CT molecular complexity index is 3440. The van der Waals surface area contributed by atoms with Crippen molar-refractivity contribution in [2.24, 2.45) is 0 Å². The molecular weight excluding hydrogens is 1530 g/mol. The van der Waals surface area contributed by atoms with E-state index in [1.54, 1.807) is 42.5 Å². The normalized spacial score (nSPS) is 24.1. The van der Waals surface area contributed by atoms with Crippen molar-refractivity contribution >= 4 is 82.7 Å². The van der Waals surface area contributed by atoms with Gasteiger partial charge in [0.1, 0.15) is 97.1 Å². The smallest absolute Gasteiger partial charge is 0.303 e. The van der Waals surface area contributed by atoms with Crippen LogP contribution in [0.5, 0.6) is 17.2 Å². The quantitative estimate of drug-likeness (QED) is 0.0167. The Balaban J connectivity index is 0.000000394. The summed E-state index contributed by atoms with van der Waals surface area (Å²) in [4.78, 5) is 47.8. The summed E-state index contributed by atoms with van der Waals surface area (Å²) < 4.78 is 55.7. The molecule has 0 bridgehead atoms. The van der Waals surface area contributed by atoms with Crippen LogP contribution in [-0.4, -0.2) is 206 Å². The molecule has 0 radical (unpaired) electrons. The van der Waals surface area contributed by atoms with Gasteiger partial charge in [-0.1, -0.05) is 115 Å². The third kappa shape index (κ3) is 26.8. The van der Waals surface area contributed by atoms with Gasteiger partial charge in [0.25, 0.3) is 0 Å². The van der Waals surface area contributed by atoms with Gasteiger partial charge in [0.2, 0.25) is 0 Å². The lowest BCUT2D eigenvalue weighted by Crippen LogP contribution is -2.59. The number of hydrogen-bond donors (Lipinski definition) is 10. The zero-order valence-corrected chi connectivity index (χ0v) is 62.8. The minimum absolute atomic E-state index is 0. The number of aliphatic hydroxyl groups is 10. The molecule has 104 heavy (non-hydrogen) atoms. The molecule has 576 valence electrons. The van der Waals surface area contributed by atoms with Gasteiger partial charge in [-0.15, -0.1) is 24.0 Å². The highest BCUT2D eigenvalue weighted by Crippen LogP contribution is 2.41. The van der Waals surface area contributed by atoms with Crippen LogP contribution in [0.25, 0.3) is 0 Å². The maximum Gasteiger partial charge on any atom is 0.303 e. The molecule has 3 aliphatic heterocycles. The van der Waals surface area contributed by atoms with Crippen LogP contribution in [0.2, 0.25) is 15.1 Å². The largest absolute Gasteiger partial charge is 0.494 e. The molecule has 25 nitrogen and oxygen atoms in total. The van der Waals surface area contributed by atoms with E-state index in [-0.39, 0.29) is 50.1 Å². The van der Waals surface area contributed by atoms with Crippen molar-refractivity contribution in [2.75, 3.05) is 46.2 Å². The van der Waals surface area contributed by atoms with Gasteiger partial charge in [-0.3, -0.25) is 19.2 Å². The van der Waals surface area contributed by atoms with Crippen LogP contribution in [0, 0.1) is 0 Å². The molecule has 0 spiro atoms. The fourth-order valence-electron chi connectivity index (χ4n) is 11.2. The van der Waals surface area contributed by atoms with Crippen LogP contribution in [-0.2, 0) is 71.6 Å². The molecule has 3 fully saturated rings. The van der Waals surface area contributed by atoms with Gasteiger partial charge in [-0.05, 0) is 152 Å². The standard InChI is InChI=1S/C29H33ClO10.2C21H25ClO6.C3H8O2.CH4.HI.H2O/c1-6-35-23-10-7-20(8-11-23)13-22-14-21(9-12-24(22)30)26-28(38-18(4)33)29(39-19(5)34)27(37-17(3)32)25(40-26)15-36-16(2)31;2*1-2-27-15-6-3-12(4-7-15)9-14-10-13(5-8-16(14)22)21-20(26)19(25)18(24)17(11-23)28-21;1-3(5)2-4;;;/h7-12,14,25-29H,6,13,15H2,1-5H3;2*3-8,10,17-21,23-26H,2,9,11H2,1H3;3-5H,2H2,1H3;1H4;1H;1H2/t25-,26+,27-,28+,29+;2*17-,18-,19+,20-,21+;3-;;;/m1110.../s1. The summed E-state index contributed by atoms with van der Waals surface area (Å²) in [6, 6.07) is 38.7. The minimum atomic E-state index is -1.42. The first-order valence-electron chi connectivity index (χ1n) is 32.8. The fraction of sp³-hybridized carbons (Fsp3) is 0.467. The molecule has 29 heteroatoms. The van der Waals surface area contributed by atoms with Crippen molar-refractivity contribution in [2.45, 2.75) is 180 Å². The second-order valence-corrected chi connectivity index (χ2v) is 25.2. The lowest BCUT2D eigenvalue weighted by Gasteiger charge is -2.44. The van der Waals surface area contributed by atoms with Crippen LogP contribution in [0.4, 0.5) is 0 Å². The van der Waals surface area contributed by atoms with Crippen LogP contribution >= 0.6 is 58.8 Å². The van der Waals surface area contributed by atoms with Crippen LogP contribution in [0.3, 0.4) is 0 Å². The van der Waals surface area contributed by atoms with E-state index in [0.29, 0.717) is 70.8 Å². The molecule has 3 heterocycles. The molecule has 9 rings (SSSR count). The number of hydrogen-bond acceptors (Lipinski definition) is 24. The van der Waals surface area contributed by atoms with E-state index in [1.807, 2.05) is 106 Å². The van der Waals surface area contributed by atoms with Gasteiger partial charge in [0.05, 0.1) is 45.7 Å². The highest BCUT2D eigenvalue weighted by molar-refractivity contribution is 14.0. The number of ether oxygens (including phenoxy) is 10. The number of carbonyl (C=O) groups excluding carboxylic acids is 4. The Kier molecular flexibility index (Phi) is 40.0. The molecule has 0 aromatic heterocycles. The Morgan fingerprint density at radius 1 is 0.433 bits per heavy atom. The topological polar surface area (TPSA) is 394 Å². The molecule has 0 amide bonds. The lowest BCUT2D eigenvalue weighted by molar-refractivity contribution is -0.254. The summed E-state index contributed by atoms with van der Waals surface area (Å²) in [5.74, 6) is -0.291. The van der Waals surface area contributed by atoms with Gasteiger partial charge < -0.3 is 104 Å². The first-order chi connectivity index (χ1) is 48.1. The van der Waals surface area contributed by atoms with Crippen molar-refractivity contribution in [3.8, 4) is 17.2 Å². The number of esters is 4. The molecule has 6 aromatic rings. The highest BCUT2D eigenvalue weighted by Gasteiger charge is 2.53. The van der Waals surface area contributed by atoms with Crippen molar-refractivity contribution in [1.29, 1.82) is 0 Å². The highest BCUT2D eigenvalue weighted by atomic mass is 127. The maximum absolute atomic E-state index is 12.2. The number of rotatable bonds is 23. The fourth-order valence-corrected chi connectivity index (χ4v) is 11.8. The Labute approximate surface area is 637 Å². The molecule has 3 aliphatic rings. The number of halogens is 4. The number of aliphatic hydroxyl groups excluding tert-OH is 10. The monoisotopic (exact) mass is 1630 g/mol. The summed E-state index contributed by atoms with van der Waals surface area (Å²) in [6.07, 6.45) is -16.6. The summed E-state index contributed by atoms with van der Waals surface area (Å²) in [5.41, 5.74) is 7.26. The molecule has 12 N–H and O–H groups in total. The number of carbonyl (C=O) groups is 4. The summed E-state index contributed by atoms with van der Waals surface area (Å²) in [5, 5.41) is 97.0. The van der Waals surface area contributed by atoms with E-state index >= 15 is 0 Å². The predicted molar refractivity (Wildman–Crippen MR) is 396 cm³/mol. The molecule has 0 unspecified atom stereocenters. The van der Waals surface area contributed by atoms with E-state index in [0.717, 1.165) is 50.6 Å². The molecule has 3 saturated heterocycles. The first-order valence-corrected chi connectivity index (χ1v) is 34.0. The maximum atomic E-state index is 12.2. The van der Waals surface area contributed by atoms with Gasteiger partial charge in [-0.25, -0.2) is 0 Å².